The molecule has 0 atom stereocenters. The average molecular weight is 307 g/mol. The molecule has 1 heterocycles. The van der Waals surface area contributed by atoms with E-state index in [9.17, 15) is 10.1 Å². The number of nitrogen functional groups attached to an aromatic ring is 1. The molecule has 112 valence electrons. The number of hydrogen-bond donors (Lipinski definition) is 2. The van der Waals surface area contributed by atoms with E-state index in [-0.39, 0.29) is 5.69 Å². The fraction of sp³-hybridized carbons (Fsp3) is 0.308. The first-order chi connectivity index (χ1) is 10.0. The van der Waals surface area contributed by atoms with Crippen LogP contribution < -0.4 is 11.3 Å². The van der Waals surface area contributed by atoms with Gasteiger partial charge in [0.25, 0.3) is 5.69 Å². The fourth-order valence-electron chi connectivity index (χ4n) is 2.05. The van der Waals surface area contributed by atoms with Crippen molar-refractivity contribution in [2.24, 2.45) is 5.84 Å². The molecule has 2 aromatic rings. The van der Waals surface area contributed by atoms with Crippen molar-refractivity contribution >= 4 is 22.7 Å². The SMILES string of the molecule is Cc1ncsc1CN(C)Cc1ccc([N+](=O)[O-])c(NN)c1. The van der Waals surface area contributed by atoms with Gasteiger partial charge in [0.15, 0.2) is 0 Å². The van der Waals surface area contributed by atoms with Gasteiger partial charge in [0.2, 0.25) is 0 Å². The normalized spacial score (nSPS) is 10.9. The van der Waals surface area contributed by atoms with Crippen LogP contribution in [0.4, 0.5) is 11.4 Å². The van der Waals surface area contributed by atoms with E-state index in [0.29, 0.717) is 12.2 Å². The summed E-state index contributed by atoms with van der Waals surface area (Å²) >= 11 is 1.63. The number of rotatable bonds is 6. The van der Waals surface area contributed by atoms with Crippen LogP contribution in [0.2, 0.25) is 0 Å². The third kappa shape index (κ3) is 3.75. The number of aryl methyl sites for hydroxylation is 1. The van der Waals surface area contributed by atoms with Gasteiger partial charge in [0.1, 0.15) is 5.69 Å². The van der Waals surface area contributed by atoms with Crippen molar-refractivity contribution in [3.63, 3.8) is 0 Å². The zero-order valence-electron chi connectivity index (χ0n) is 11.9. The van der Waals surface area contributed by atoms with E-state index in [4.69, 9.17) is 5.84 Å². The Bertz CT molecular complexity index is 643. The van der Waals surface area contributed by atoms with Crippen LogP contribution in [0.3, 0.4) is 0 Å². The van der Waals surface area contributed by atoms with Gasteiger partial charge in [-0.15, -0.1) is 11.3 Å². The summed E-state index contributed by atoms with van der Waals surface area (Å²) in [6.45, 7) is 3.45. The van der Waals surface area contributed by atoms with E-state index in [2.05, 4.69) is 15.3 Å². The Kier molecular flexibility index (Phi) is 4.84. The summed E-state index contributed by atoms with van der Waals surface area (Å²) in [7, 11) is 2.00. The molecular weight excluding hydrogens is 290 g/mol. The number of hydrazine groups is 1. The Balaban J connectivity index is 2.09. The van der Waals surface area contributed by atoms with E-state index < -0.39 is 4.92 Å². The first kappa shape index (κ1) is 15.4. The first-order valence-electron chi connectivity index (χ1n) is 6.32. The molecular formula is C13H17N5O2S. The van der Waals surface area contributed by atoms with E-state index in [1.165, 1.54) is 10.9 Å². The largest absolute Gasteiger partial charge is 0.318 e. The summed E-state index contributed by atoms with van der Waals surface area (Å²) in [5.74, 6) is 5.34. The van der Waals surface area contributed by atoms with E-state index in [0.717, 1.165) is 17.8 Å². The highest BCUT2D eigenvalue weighted by atomic mass is 32.1. The Morgan fingerprint density at radius 1 is 1.48 bits per heavy atom. The topological polar surface area (TPSA) is 97.3 Å². The minimum atomic E-state index is -0.455. The lowest BCUT2D eigenvalue weighted by Crippen LogP contribution is -2.17. The van der Waals surface area contributed by atoms with Crippen LogP contribution in [-0.4, -0.2) is 21.9 Å². The molecule has 0 aliphatic heterocycles. The van der Waals surface area contributed by atoms with Crippen molar-refractivity contribution in [2.75, 3.05) is 12.5 Å². The van der Waals surface area contributed by atoms with Crippen molar-refractivity contribution in [1.82, 2.24) is 9.88 Å². The van der Waals surface area contributed by atoms with Crippen LogP contribution in [0, 0.1) is 17.0 Å². The van der Waals surface area contributed by atoms with E-state index >= 15 is 0 Å². The Labute approximate surface area is 126 Å². The second-order valence-corrected chi connectivity index (χ2v) is 5.73. The van der Waals surface area contributed by atoms with Crippen molar-refractivity contribution in [2.45, 2.75) is 20.0 Å². The maximum absolute atomic E-state index is 10.9. The third-order valence-corrected chi connectivity index (χ3v) is 4.04. The fourth-order valence-corrected chi connectivity index (χ4v) is 2.90. The first-order valence-corrected chi connectivity index (χ1v) is 7.20. The quantitative estimate of drug-likeness (QED) is 0.483. The molecule has 2 rings (SSSR count). The highest BCUT2D eigenvalue weighted by Gasteiger charge is 2.14. The van der Waals surface area contributed by atoms with Crippen LogP contribution in [0.15, 0.2) is 23.7 Å². The molecule has 1 aromatic carbocycles. The summed E-state index contributed by atoms with van der Waals surface area (Å²) in [4.78, 5) is 18.0. The van der Waals surface area contributed by atoms with Crippen molar-refractivity contribution in [3.8, 4) is 0 Å². The molecule has 21 heavy (non-hydrogen) atoms. The molecule has 7 nitrogen and oxygen atoms in total. The van der Waals surface area contributed by atoms with Gasteiger partial charge in [0.05, 0.1) is 16.1 Å². The lowest BCUT2D eigenvalue weighted by atomic mass is 10.1. The number of nitro groups is 1. The van der Waals surface area contributed by atoms with Crippen LogP contribution in [-0.2, 0) is 13.1 Å². The molecule has 0 aliphatic rings. The molecule has 0 unspecified atom stereocenters. The minimum Gasteiger partial charge on any atom is -0.318 e. The van der Waals surface area contributed by atoms with Gasteiger partial charge in [-0.05, 0) is 25.6 Å². The van der Waals surface area contributed by atoms with Gasteiger partial charge in [0, 0.05) is 24.0 Å². The summed E-state index contributed by atoms with van der Waals surface area (Å²) in [6.07, 6.45) is 0. The number of nitrogens with zero attached hydrogens (tertiary/aromatic N) is 3. The van der Waals surface area contributed by atoms with Crippen molar-refractivity contribution in [1.29, 1.82) is 0 Å². The van der Waals surface area contributed by atoms with E-state index in [1.54, 1.807) is 23.5 Å². The van der Waals surface area contributed by atoms with Gasteiger partial charge >= 0.3 is 0 Å². The molecule has 0 amide bonds. The standard InChI is InChI=1S/C13H17N5O2S/c1-9-13(21-8-15-9)7-17(2)6-10-3-4-12(18(19)20)11(5-10)16-14/h3-5,8,16H,6-7,14H2,1-2H3. The van der Waals surface area contributed by atoms with Crippen molar-refractivity contribution < 1.29 is 4.92 Å². The monoisotopic (exact) mass is 307 g/mol. The molecule has 1 aromatic heterocycles. The maximum Gasteiger partial charge on any atom is 0.293 e. The average Bonchev–Trinajstić information content (AvgIpc) is 2.83. The molecule has 0 radical (unpaired) electrons. The number of thiazole rings is 1. The summed E-state index contributed by atoms with van der Waals surface area (Å²) in [6, 6.07) is 4.92. The van der Waals surface area contributed by atoms with Gasteiger partial charge < -0.3 is 5.43 Å². The van der Waals surface area contributed by atoms with Gasteiger partial charge in [-0.2, -0.15) is 0 Å². The third-order valence-electron chi connectivity index (χ3n) is 3.12. The van der Waals surface area contributed by atoms with Crippen LogP contribution >= 0.6 is 11.3 Å². The van der Waals surface area contributed by atoms with Gasteiger partial charge in [-0.25, -0.2) is 4.98 Å². The van der Waals surface area contributed by atoms with Gasteiger partial charge in [-0.3, -0.25) is 20.9 Å². The highest BCUT2D eigenvalue weighted by molar-refractivity contribution is 7.09. The number of nitrogens with two attached hydrogens (primary N) is 1. The molecule has 3 N–H and O–H groups in total. The minimum absolute atomic E-state index is 0.0257. The number of nitrogens with one attached hydrogen (secondary N) is 1. The highest BCUT2D eigenvalue weighted by Crippen LogP contribution is 2.25. The predicted octanol–water partition coefficient (Wildman–Crippen LogP) is 2.28. The van der Waals surface area contributed by atoms with Gasteiger partial charge in [-0.1, -0.05) is 6.07 Å². The molecule has 0 fully saturated rings. The van der Waals surface area contributed by atoms with Crippen LogP contribution in [0.5, 0.6) is 0 Å². The van der Waals surface area contributed by atoms with Crippen molar-refractivity contribution in [3.05, 3.63) is 50.0 Å². The van der Waals surface area contributed by atoms with E-state index in [1.807, 2.05) is 19.5 Å². The number of hydrogen-bond acceptors (Lipinski definition) is 7. The molecule has 0 aliphatic carbocycles. The predicted molar refractivity (Wildman–Crippen MR) is 82.9 cm³/mol. The molecule has 0 bridgehead atoms. The summed E-state index contributed by atoms with van der Waals surface area (Å²) in [5, 5.41) is 10.9. The number of nitro benzene ring substituents is 1. The molecule has 0 saturated carbocycles. The Morgan fingerprint density at radius 2 is 2.24 bits per heavy atom. The smallest absolute Gasteiger partial charge is 0.293 e. The molecule has 8 heteroatoms. The molecule has 0 saturated heterocycles. The molecule has 0 spiro atoms. The number of benzene rings is 1. The zero-order chi connectivity index (χ0) is 15.4. The van der Waals surface area contributed by atoms with Crippen LogP contribution in [0.1, 0.15) is 16.1 Å². The maximum atomic E-state index is 10.9. The number of anilines is 1. The Morgan fingerprint density at radius 3 is 2.81 bits per heavy atom. The lowest BCUT2D eigenvalue weighted by molar-refractivity contribution is -0.384. The summed E-state index contributed by atoms with van der Waals surface area (Å²) < 4.78 is 0. The zero-order valence-corrected chi connectivity index (χ0v) is 12.7. The Hall–Kier alpha value is -2.03. The second kappa shape index (κ2) is 6.61. The van der Waals surface area contributed by atoms with Crippen LogP contribution in [0.25, 0.3) is 0 Å². The second-order valence-electron chi connectivity index (χ2n) is 4.79. The number of aromatic nitrogens is 1. The lowest BCUT2D eigenvalue weighted by Gasteiger charge is -2.16. The summed E-state index contributed by atoms with van der Waals surface area (Å²) in [5.41, 5.74) is 6.50.